The van der Waals surface area contributed by atoms with Crippen molar-refractivity contribution in [2.24, 2.45) is 0 Å². The fraction of sp³-hybridized carbons (Fsp3) is 0.154. The van der Waals surface area contributed by atoms with Gasteiger partial charge in [-0.15, -0.1) is 0 Å². The van der Waals surface area contributed by atoms with E-state index in [4.69, 9.17) is 0 Å². The molecule has 19 heavy (non-hydrogen) atoms. The second-order valence-electron chi connectivity index (χ2n) is 4.26. The molecule has 4 nitrogen and oxygen atoms in total. The number of sulfonamides is 1. The van der Waals surface area contributed by atoms with Crippen LogP contribution in [0.4, 0.5) is 10.1 Å². The lowest BCUT2D eigenvalue weighted by molar-refractivity contribution is 0.604. The molecule has 2 rings (SSSR count). The molecule has 0 fully saturated rings. The van der Waals surface area contributed by atoms with Crippen LogP contribution in [0.1, 0.15) is 5.56 Å². The van der Waals surface area contributed by atoms with Gasteiger partial charge in [0.1, 0.15) is 5.82 Å². The number of nitrogens with zero attached hydrogens (tertiary/aromatic N) is 1. The average molecular weight is 280 g/mol. The second-order valence-corrected chi connectivity index (χ2v) is 6.01. The Kier molecular flexibility index (Phi) is 3.53. The van der Waals surface area contributed by atoms with Gasteiger partial charge in [-0.3, -0.25) is 9.71 Å². The van der Waals surface area contributed by atoms with Gasteiger partial charge in [0.25, 0.3) is 0 Å². The molecule has 1 aromatic heterocycles. The van der Waals surface area contributed by atoms with E-state index in [1.807, 2.05) is 13.0 Å². The number of nitrogens with one attached hydrogen (secondary N) is 1. The van der Waals surface area contributed by atoms with Crippen LogP contribution in [0.25, 0.3) is 11.1 Å². The largest absolute Gasteiger partial charge is 0.281 e. The van der Waals surface area contributed by atoms with Crippen molar-refractivity contribution in [1.82, 2.24) is 4.98 Å². The molecule has 1 aromatic carbocycles. The fourth-order valence-electron chi connectivity index (χ4n) is 1.73. The number of benzene rings is 1. The molecule has 0 aliphatic rings. The van der Waals surface area contributed by atoms with Gasteiger partial charge in [0.2, 0.25) is 10.0 Å². The third kappa shape index (κ3) is 3.29. The van der Waals surface area contributed by atoms with Crippen molar-refractivity contribution in [3.05, 3.63) is 48.0 Å². The highest BCUT2D eigenvalue weighted by molar-refractivity contribution is 7.92. The fourth-order valence-corrected chi connectivity index (χ4v) is 2.30. The van der Waals surface area contributed by atoms with Crippen LogP contribution in [-0.2, 0) is 10.0 Å². The van der Waals surface area contributed by atoms with Crippen LogP contribution in [0.3, 0.4) is 0 Å². The molecule has 1 heterocycles. The molecule has 0 saturated carbocycles. The molecule has 0 radical (unpaired) electrons. The summed E-state index contributed by atoms with van der Waals surface area (Å²) in [6.07, 6.45) is 4.29. The minimum Gasteiger partial charge on any atom is -0.281 e. The maximum atomic E-state index is 13.9. The van der Waals surface area contributed by atoms with Crippen molar-refractivity contribution < 1.29 is 12.8 Å². The Hall–Kier alpha value is -1.95. The molecular weight excluding hydrogens is 267 g/mol. The van der Waals surface area contributed by atoms with Crippen LogP contribution >= 0.6 is 0 Å². The van der Waals surface area contributed by atoms with Gasteiger partial charge in [-0.05, 0) is 36.2 Å². The first kappa shape index (κ1) is 13.5. The Morgan fingerprint density at radius 1 is 1.26 bits per heavy atom. The van der Waals surface area contributed by atoms with Crippen molar-refractivity contribution in [1.29, 1.82) is 0 Å². The summed E-state index contributed by atoms with van der Waals surface area (Å²) >= 11 is 0. The van der Waals surface area contributed by atoms with Gasteiger partial charge in [-0.2, -0.15) is 0 Å². The van der Waals surface area contributed by atoms with Crippen molar-refractivity contribution in [2.45, 2.75) is 6.92 Å². The van der Waals surface area contributed by atoms with Crippen molar-refractivity contribution in [2.75, 3.05) is 11.0 Å². The van der Waals surface area contributed by atoms with Crippen LogP contribution in [0.5, 0.6) is 0 Å². The van der Waals surface area contributed by atoms with E-state index in [1.165, 1.54) is 12.1 Å². The summed E-state index contributed by atoms with van der Waals surface area (Å²) in [5, 5.41) is 0. The number of anilines is 1. The Bertz CT molecular complexity index is 714. The van der Waals surface area contributed by atoms with E-state index in [-0.39, 0.29) is 5.69 Å². The molecule has 0 amide bonds. The van der Waals surface area contributed by atoms with Gasteiger partial charge < -0.3 is 0 Å². The van der Waals surface area contributed by atoms with Gasteiger partial charge in [0.15, 0.2) is 0 Å². The summed E-state index contributed by atoms with van der Waals surface area (Å²) in [6.45, 7) is 1.90. The second kappa shape index (κ2) is 4.97. The normalized spacial score (nSPS) is 11.3. The zero-order valence-corrected chi connectivity index (χ0v) is 11.3. The van der Waals surface area contributed by atoms with E-state index >= 15 is 0 Å². The quantitative estimate of drug-likeness (QED) is 0.940. The highest BCUT2D eigenvalue weighted by Crippen LogP contribution is 2.26. The smallest absolute Gasteiger partial charge is 0.229 e. The number of halogens is 1. The maximum absolute atomic E-state index is 13.9. The molecule has 1 N–H and O–H groups in total. The topological polar surface area (TPSA) is 59.1 Å². The summed E-state index contributed by atoms with van der Waals surface area (Å²) in [5.74, 6) is -0.619. The highest BCUT2D eigenvalue weighted by atomic mass is 32.2. The summed E-state index contributed by atoms with van der Waals surface area (Å²) in [4.78, 5) is 4.00. The van der Waals surface area contributed by atoms with E-state index < -0.39 is 15.8 Å². The number of pyridine rings is 1. The zero-order valence-electron chi connectivity index (χ0n) is 10.5. The number of aryl methyl sites for hydroxylation is 1. The van der Waals surface area contributed by atoms with Gasteiger partial charge in [0, 0.05) is 18.0 Å². The molecule has 0 bridgehead atoms. The molecule has 2 aromatic rings. The predicted molar refractivity (Wildman–Crippen MR) is 72.8 cm³/mol. The molecule has 0 spiro atoms. The van der Waals surface area contributed by atoms with Crippen molar-refractivity contribution in [3.63, 3.8) is 0 Å². The van der Waals surface area contributed by atoms with Gasteiger partial charge in [-0.1, -0.05) is 6.07 Å². The van der Waals surface area contributed by atoms with E-state index in [0.717, 1.165) is 17.4 Å². The Balaban J connectivity index is 2.42. The van der Waals surface area contributed by atoms with Gasteiger partial charge in [-0.25, -0.2) is 12.8 Å². The van der Waals surface area contributed by atoms with Crippen molar-refractivity contribution in [3.8, 4) is 11.1 Å². The van der Waals surface area contributed by atoms with E-state index in [2.05, 4.69) is 9.71 Å². The molecule has 0 saturated heterocycles. The molecule has 0 aliphatic carbocycles. The number of rotatable bonds is 3. The SMILES string of the molecule is Cc1ccncc1-c1ccc(NS(C)(=O)=O)c(F)c1. The Morgan fingerprint density at radius 3 is 2.58 bits per heavy atom. The monoisotopic (exact) mass is 280 g/mol. The van der Waals surface area contributed by atoms with Crippen molar-refractivity contribution >= 4 is 15.7 Å². The standard InChI is InChI=1S/C13H13FN2O2S/c1-9-5-6-15-8-11(9)10-3-4-13(12(14)7-10)16-19(2,17)18/h3-8,16H,1-2H3. The summed E-state index contributed by atoms with van der Waals surface area (Å²) in [5.41, 5.74) is 2.38. The van der Waals surface area contributed by atoms with Crippen LogP contribution in [0.15, 0.2) is 36.7 Å². The molecule has 0 unspecified atom stereocenters. The molecule has 0 atom stereocenters. The third-order valence-corrected chi connectivity index (χ3v) is 3.21. The van der Waals surface area contributed by atoms with Crippen LogP contribution in [0, 0.1) is 12.7 Å². The number of hydrogen-bond donors (Lipinski definition) is 1. The maximum Gasteiger partial charge on any atom is 0.229 e. The Morgan fingerprint density at radius 2 is 2.00 bits per heavy atom. The van der Waals surface area contributed by atoms with Gasteiger partial charge >= 0.3 is 0 Å². The minimum absolute atomic E-state index is 0.0622. The lowest BCUT2D eigenvalue weighted by Gasteiger charge is -2.09. The van der Waals surface area contributed by atoms with Crippen LogP contribution in [0.2, 0.25) is 0 Å². The summed E-state index contributed by atoms with van der Waals surface area (Å²) < 4.78 is 38.1. The van der Waals surface area contributed by atoms with E-state index in [9.17, 15) is 12.8 Å². The predicted octanol–water partition coefficient (Wildman–Crippen LogP) is 2.57. The van der Waals surface area contributed by atoms with Crippen LogP contribution < -0.4 is 4.72 Å². The first-order chi connectivity index (χ1) is 8.87. The molecule has 6 heteroatoms. The lowest BCUT2D eigenvalue weighted by Crippen LogP contribution is -2.10. The minimum atomic E-state index is -3.49. The lowest BCUT2D eigenvalue weighted by atomic mass is 10.0. The van der Waals surface area contributed by atoms with Gasteiger partial charge in [0.05, 0.1) is 11.9 Å². The molecular formula is C13H13FN2O2S. The molecule has 100 valence electrons. The highest BCUT2D eigenvalue weighted by Gasteiger charge is 2.10. The summed E-state index contributed by atoms with van der Waals surface area (Å²) in [6, 6.07) is 6.17. The van der Waals surface area contributed by atoms with E-state index in [1.54, 1.807) is 18.5 Å². The first-order valence-corrected chi connectivity index (χ1v) is 7.44. The molecule has 0 aliphatic heterocycles. The van der Waals surface area contributed by atoms with E-state index in [0.29, 0.717) is 5.56 Å². The average Bonchev–Trinajstić information content (AvgIpc) is 2.31. The zero-order chi connectivity index (χ0) is 14.0. The van der Waals surface area contributed by atoms with Crippen LogP contribution in [-0.4, -0.2) is 19.7 Å². The Labute approximate surface area is 111 Å². The summed E-state index contributed by atoms with van der Waals surface area (Å²) in [7, 11) is -3.49. The third-order valence-electron chi connectivity index (χ3n) is 2.61. The number of aromatic nitrogens is 1. The first-order valence-electron chi connectivity index (χ1n) is 5.55. The number of hydrogen-bond acceptors (Lipinski definition) is 3.